The number of nitrogen functional groups attached to an aromatic ring is 1. The van der Waals surface area contributed by atoms with Crippen molar-refractivity contribution in [2.24, 2.45) is 0 Å². The number of nitrogens with zero attached hydrogens (tertiary/aromatic N) is 2. The van der Waals surface area contributed by atoms with Crippen molar-refractivity contribution in [3.05, 3.63) is 29.6 Å². The van der Waals surface area contributed by atoms with Crippen LogP contribution in [0.15, 0.2) is 18.2 Å². The van der Waals surface area contributed by atoms with Crippen molar-refractivity contribution >= 4 is 17.5 Å². The molecule has 14 heavy (non-hydrogen) atoms. The molecule has 0 bridgehead atoms. The lowest BCUT2D eigenvalue weighted by Crippen LogP contribution is -1.91. The average molecular weight is 209 g/mol. The molecule has 0 fully saturated rings. The monoisotopic (exact) mass is 209 g/mol. The van der Waals surface area contributed by atoms with Gasteiger partial charge in [-0.05, 0) is 19.1 Å². The number of hydrogen-bond donors (Lipinski definition) is 1. The Kier molecular flexibility index (Phi) is 2.17. The maximum absolute atomic E-state index is 13.4. The van der Waals surface area contributed by atoms with Crippen LogP contribution in [0.25, 0.3) is 11.3 Å². The molecular weight excluding hydrogens is 201 g/mol. The molecule has 3 nitrogen and oxygen atoms in total. The Morgan fingerprint density at radius 3 is 2.79 bits per heavy atom. The van der Waals surface area contributed by atoms with Crippen molar-refractivity contribution in [2.75, 3.05) is 5.73 Å². The minimum atomic E-state index is -0.324. The summed E-state index contributed by atoms with van der Waals surface area (Å²) in [7, 11) is 0. The fraction of sp³-hybridized carbons (Fsp3) is 0.111. The third kappa shape index (κ3) is 1.46. The Balaban J connectivity index is 2.62. The van der Waals surface area contributed by atoms with Crippen LogP contribution in [0.1, 0.15) is 5.56 Å². The molecule has 0 radical (unpaired) electrons. The summed E-state index contributed by atoms with van der Waals surface area (Å²) in [5.41, 5.74) is 7.37. The highest BCUT2D eigenvalue weighted by Gasteiger charge is 2.11. The van der Waals surface area contributed by atoms with Gasteiger partial charge in [0.15, 0.2) is 5.82 Å². The first-order valence-electron chi connectivity index (χ1n) is 4.03. The quantitative estimate of drug-likeness (QED) is 0.783. The second kappa shape index (κ2) is 3.34. The van der Waals surface area contributed by atoms with Gasteiger partial charge in [-0.2, -0.15) is 8.75 Å². The lowest BCUT2D eigenvalue weighted by Gasteiger charge is -2.01. The van der Waals surface area contributed by atoms with E-state index >= 15 is 0 Å². The molecule has 5 heteroatoms. The van der Waals surface area contributed by atoms with E-state index in [0.717, 1.165) is 17.3 Å². The van der Waals surface area contributed by atoms with Crippen LogP contribution < -0.4 is 5.73 Å². The van der Waals surface area contributed by atoms with E-state index in [9.17, 15) is 4.39 Å². The molecule has 1 heterocycles. The summed E-state index contributed by atoms with van der Waals surface area (Å²) in [4.78, 5) is 0. The largest absolute Gasteiger partial charge is 0.381 e. The van der Waals surface area contributed by atoms with Crippen molar-refractivity contribution in [1.82, 2.24) is 8.75 Å². The predicted molar refractivity (Wildman–Crippen MR) is 54.5 cm³/mol. The number of benzene rings is 1. The highest BCUT2D eigenvalue weighted by Crippen LogP contribution is 2.26. The minimum Gasteiger partial charge on any atom is -0.381 e. The molecule has 0 aliphatic rings. The lowest BCUT2D eigenvalue weighted by atomic mass is 10.1. The number of aromatic nitrogens is 2. The Hall–Kier alpha value is -1.49. The van der Waals surface area contributed by atoms with Gasteiger partial charge >= 0.3 is 0 Å². The molecular formula is C9H8FN3S. The van der Waals surface area contributed by atoms with E-state index in [1.807, 2.05) is 6.92 Å². The fourth-order valence-corrected chi connectivity index (χ4v) is 1.69. The zero-order valence-corrected chi connectivity index (χ0v) is 8.31. The van der Waals surface area contributed by atoms with E-state index in [2.05, 4.69) is 8.75 Å². The van der Waals surface area contributed by atoms with Gasteiger partial charge in [-0.3, -0.25) is 0 Å². The Labute approximate surface area is 84.7 Å². The molecule has 0 amide bonds. The molecule has 0 saturated heterocycles. The lowest BCUT2D eigenvalue weighted by molar-refractivity contribution is 0.630. The summed E-state index contributed by atoms with van der Waals surface area (Å²) >= 11 is 0.984. The van der Waals surface area contributed by atoms with Gasteiger partial charge in [-0.15, -0.1) is 0 Å². The van der Waals surface area contributed by atoms with Crippen LogP contribution in [0.4, 0.5) is 10.2 Å². The molecule has 0 spiro atoms. The van der Waals surface area contributed by atoms with E-state index in [1.165, 1.54) is 6.07 Å². The second-order valence-corrected chi connectivity index (χ2v) is 3.51. The molecule has 0 aliphatic heterocycles. The summed E-state index contributed by atoms with van der Waals surface area (Å²) in [6.07, 6.45) is 0. The molecule has 72 valence electrons. The molecule has 2 aromatic rings. The van der Waals surface area contributed by atoms with Crippen LogP contribution in [0, 0.1) is 12.7 Å². The van der Waals surface area contributed by atoms with E-state index < -0.39 is 0 Å². The predicted octanol–water partition coefficient (Wildman–Crippen LogP) is 2.23. The number of hydrogen-bond acceptors (Lipinski definition) is 4. The van der Waals surface area contributed by atoms with E-state index in [-0.39, 0.29) is 11.6 Å². The van der Waals surface area contributed by atoms with Crippen LogP contribution in [-0.2, 0) is 0 Å². The maximum atomic E-state index is 13.4. The molecule has 0 unspecified atom stereocenters. The van der Waals surface area contributed by atoms with Crippen molar-refractivity contribution in [1.29, 1.82) is 0 Å². The van der Waals surface area contributed by atoms with Gasteiger partial charge < -0.3 is 5.73 Å². The van der Waals surface area contributed by atoms with Crippen LogP contribution in [0.5, 0.6) is 0 Å². The molecule has 0 aliphatic carbocycles. The third-order valence-electron chi connectivity index (χ3n) is 1.89. The standard InChI is InChI=1S/C9H8FN3S/c1-5-2-3-7(10)6(4-5)8-9(11)13-14-12-8/h2-4H,1H3,(H2,11,13). The van der Waals surface area contributed by atoms with Crippen molar-refractivity contribution in [3.63, 3.8) is 0 Å². The van der Waals surface area contributed by atoms with E-state index in [4.69, 9.17) is 5.73 Å². The van der Waals surface area contributed by atoms with Gasteiger partial charge in [0.1, 0.15) is 11.5 Å². The molecule has 1 aromatic heterocycles. The van der Waals surface area contributed by atoms with Gasteiger partial charge in [0.2, 0.25) is 0 Å². The number of anilines is 1. The zero-order chi connectivity index (χ0) is 10.1. The van der Waals surface area contributed by atoms with Gasteiger partial charge in [0.25, 0.3) is 0 Å². The summed E-state index contributed by atoms with van der Waals surface area (Å²) in [6, 6.07) is 4.82. The third-order valence-corrected chi connectivity index (χ3v) is 2.43. The number of halogens is 1. The Morgan fingerprint density at radius 1 is 1.36 bits per heavy atom. The summed E-state index contributed by atoms with van der Waals surface area (Å²) in [5, 5.41) is 0. The molecule has 2 rings (SSSR count). The molecule has 2 N–H and O–H groups in total. The Morgan fingerprint density at radius 2 is 2.14 bits per heavy atom. The number of aryl methyl sites for hydroxylation is 1. The van der Waals surface area contributed by atoms with Crippen molar-refractivity contribution in [2.45, 2.75) is 6.92 Å². The first kappa shape index (κ1) is 9.08. The fourth-order valence-electron chi connectivity index (χ4n) is 1.20. The molecule has 0 saturated carbocycles. The first-order valence-corrected chi connectivity index (χ1v) is 4.76. The second-order valence-electron chi connectivity index (χ2n) is 2.98. The SMILES string of the molecule is Cc1ccc(F)c(-c2nsnc2N)c1. The van der Waals surface area contributed by atoms with Crippen LogP contribution in [-0.4, -0.2) is 8.75 Å². The highest BCUT2D eigenvalue weighted by molar-refractivity contribution is 6.99. The van der Waals surface area contributed by atoms with Crippen molar-refractivity contribution < 1.29 is 4.39 Å². The number of rotatable bonds is 1. The zero-order valence-electron chi connectivity index (χ0n) is 7.49. The molecule has 1 aromatic carbocycles. The van der Waals surface area contributed by atoms with Gasteiger partial charge in [0, 0.05) is 5.56 Å². The Bertz CT molecular complexity index is 467. The first-order chi connectivity index (χ1) is 6.68. The summed E-state index contributed by atoms with van der Waals surface area (Å²) in [5.74, 6) is -0.0468. The van der Waals surface area contributed by atoms with Crippen LogP contribution >= 0.6 is 11.7 Å². The molecule has 0 atom stereocenters. The summed E-state index contributed by atoms with van der Waals surface area (Å²) in [6.45, 7) is 1.89. The maximum Gasteiger partial charge on any atom is 0.165 e. The summed E-state index contributed by atoms with van der Waals surface area (Å²) < 4.78 is 21.2. The topological polar surface area (TPSA) is 51.8 Å². The van der Waals surface area contributed by atoms with Crippen LogP contribution in [0.2, 0.25) is 0 Å². The smallest absolute Gasteiger partial charge is 0.165 e. The minimum absolute atomic E-state index is 0.277. The van der Waals surface area contributed by atoms with Gasteiger partial charge in [-0.25, -0.2) is 4.39 Å². The normalized spacial score (nSPS) is 10.4. The van der Waals surface area contributed by atoms with Gasteiger partial charge in [-0.1, -0.05) is 11.6 Å². The average Bonchev–Trinajstić information content (AvgIpc) is 2.56. The highest BCUT2D eigenvalue weighted by atomic mass is 32.1. The van der Waals surface area contributed by atoms with Crippen LogP contribution in [0.3, 0.4) is 0 Å². The van der Waals surface area contributed by atoms with Gasteiger partial charge in [0.05, 0.1) is 11.7 Å². The van der Waals surface area contributed by atoms with E-state index in [1.54, 1.807) is 12.1 Å². The van der Waals surface area contributed by atoms with Crippen molar-refractivity contribution in [3.8, 4) is 11.3 Å². The van der Waals surface area contributed by atoms with E-state index in [0.29, 0.717) is 11.3 Å². The number of nitrogens with two attached hydrogens (primary N) is 1.